The fourth-order valence-corrected chi connectivity index (χ4v) is 8.42. The Morgan fingerprint density at radius 1 is 0.482 bits per heavy atom. The fourth-order valence-electron chi connectivity index (χ4n) is 8.42. The van der Waals surface area contributed by atoms with Crippen molar-refractivity contribution in [3.05, 3.63) is 205 Å². The summed E-state index contributed by atoms with van der Waals surface area (Å²) in [5.41, 5.74) is 12.8. The van der Waals surface area contributed by atoms with Gasteiger partial charge < -0.3 is 9.32 Å². The third kappa shape index (κ3) is 5.44. The average molecular weight is 719 g/mol. The molecule has 56 heavy (non-hydrogen) atoms. The van der Waals surface area contributed by atoms with Crippen molar-refractivity contribution in [3.8, 4) is 45.3 Å². The second-order valence-corrected chi connectivity index (χ2v) is 14.4. The molecule has 7 aromatic carbocycles. The van der Waals surface area contributed by atoms with Crippen molar-refractivity contribution >= 4 is 38.9 Å². The molecule has 0 saturated carbocycles. The lowest BCUT2D eigenvalue weighted by Crippen LogP contribution is -2.29. The number of anilines is 2. The maximum atomic E-state index is 6.46. The first kappa shape index (κ1) is 32.1. The number of rotatable bonds is 6. The lowest BCUT2D eigenvalue weighted by molar-refractivity contribution is 0.667. The molecule has 5 nitrogen and oxygen atoms in total. The van der Waals surface area contributed by atoms with Crippen LogP contribution in [-0.4, -0.2) is 21.0 Å². The molecule has 2 atom stereocenters. The molecule has 9 aromatic rings. The molecule has 5 heteroatoms. The van der Waals surface area contributed by atoms with Crippen LogP contribution in [0.15, 0.2) is 199 Å². The molecular weight excluding hydrogens is 685 g/mol. The number of furan rings is 1. The van der Waals surface area contributed by atoms with E-state index in [0.717, 1.165) is 61.0 Å². The first-order valence-electron chi connectivity index (χ1n) is 19.0. The molecule has 2 aliphatic rings. The SMILES string of the molecule is C1=CC2C(C=C1c1cccc3c1oc1ccccc13)c1ccccc1N2c1cccc(-c2nc(-c3ccccc3)nc(-c3cccc(-c4ccccc4)c3)n2)c1. The third-order valence-electron chi connectivity index (χ3n) is 11.0. The average Bonchev–Trinajstić information content (AvgIpc) is 3.83. The molecule has 2 aromatic heterocycles. The molecule has 1 aliphatic carbocycles. The number of hydrogen-bond acceptors (Lipinski definition) is 5. The first-order valence-corrected chi connectivity index (χ1v) is 19.0. The minimum Gasteiger partial charge on any atom is -0.455 e. The highest BCUT2D eigenvalue weighted by Gasteiger charge is 2.38. The Hall–Kier alpha value is -7.37. The lowest BCUT2D eigenvalue weighted by Gasteiger charge is -2.30. The van der Waals surface area contributed by atoms with Gasteiger partial charge in [-0.1, -0.05) is 164 Å². The van der Waals surface area contributed by atoms with Gasteiger partial charge in [-0.25, -0.2) is 15.0 Å². The summed E-state index contributed by atoms with van der Waals surface area (Å²) in [5.74, 6) is 2.06. The summed E-state index contributed by atoms with van der Waals surface area (Å²) in [6.07, 6.45) is 7.03. The topological polar surface area (TPSA) is 55.1 Å². The molecule has 0 fully saturated rings. The molecule has 3 heterocycles. The second kappa shape index (κ2) is 13.2. The summed E-state index contributed by atoms with van der Waals surface area (Å²) in [6.45, 7) is 0. The van der Waals surface area contributed by atoms with Gasteiger partial charge in [-0.3, -0.25) is 0 Å². The van der Waals surface area contributed by atoms with Gasteiger partial charge in [0.15, 0.2) is 17.5 Å². The van der Waals surface area contributed by atoms with Gasteiger partial charge in [0, 0.05) is 50.3 Å². The summed E-state index contributed by atoms with van der Waals surface area (Å²) >= 11 is 0. The number of para-hydroxylation sites is 3. The van der Waals surface area contributed by atoms with E-state index in [4.69, 9.17) is 19.4 Å². The van der Waals surface area contributed by atoms with Gasteiger partial charge in [0.2, 0.25) is 0 Å². The van der Waals surface area contributed by atoms with Crippen LogP contribution in [0.25, 0.3) is 72.8 Å². The van der Waals surface area contributed by atoms with E-state index in [2.05, 4.69) is 151 Å². The molecule has 0 N–H and O–H groups in total. The minimum absolute atomic E-state index is 0.0933. The third-order valence-corrected chi connectivity index (χ3v) is 11.0. The molecule has 11 rings (SSSR count). The standard InChI is InChI=1S/C51H34N4O/c1-3-14-33(15-4-1)35-18-11-19-37(30-35)50-52-49(34-16-5-2-6-17-34)53-51(54-50)38-20-12-21-39(31-38)55-45-26-9-7-22-41(45)44-32-36(28-29-46(44)55)40-24-13-25-43-42-23-8-10-27-47(42)56-48(40)43/h1-32,44,46H. The first-order chi connectivity index (χ1) is 27.7. The van der Waals surface area contributed by atoms with E-state index in [1.807, 2.05) is 48.5 Å². The van der Waals surface area contributed by atoms with Crippen molar-refractivity contribution in [1.29, 1.82) is 0 Å². The maximum absolute atomic E-state index is 6.46. The Morgan fingerprint density at radius 2 is 1.09 bits per heavy atom. The number of hydrogen-bond donors (Lipinski definition) is 0. The Balaban J connectivity index is 0.993. The van der Waals surface area contributed by atoms with Crippen LogP contribution in [0, 0.1) is 0 Å². The van der Waals surface area contributed by atoms with Gasteiger partial charge in [-0.15, -0.1) is 0 Å². The van der Waals surface area contributed by atoms with Crippen molar-refractivity contribution in [3.63, 3.8) is 0 Å². The normalized spacial score (nSPS) is 15.9. The Bertz CT molecular complexity index is 3000. The molecule has 0 saturated heterocycles. The van der Waals surface area contributed by atoms with Gasteiger partial charge in [0.1, 0.15) is 11.2 Å². The zero-order valence-electron chi connectivity index (χ0n) is 30.3. The second-order valence-electron chi connectivity index (χ2n) is 14.4. The molecule has 0 bridgehead atoms. The van der Waals surface area contributed by atoms with E-state index in [1.165, 1.54) is 16.8 Å². The van der Waals surface area contributed by atoms with E-state index in [-0.39, 0.29) is 12.0 Å². The summed E-state index contributed by atoms with van der Waals surface area (Å²) in [6, 6.07) is 61.2. The highest BCUT2D eigenvalue weighted by atomic mass is 16.3. The maximum Gasteiger partial charge on any atom is 0.164 e. The monoisotopic (exact) mass is 718 g/mol. The van der Waals surface area contributed by atoms with Crippen LogP contribution in [0.2, 0.25) is 0 Å². The zero-order valence-corrected chi connectivity index (χ0v) is 30.3. The molecule has 0 spiro atoms. The van der Waals surface area contributed by atoms with Gasteiger partial charge in [-0.2, -0.15) is 0 Å². The highest BCUT2D eigenvalue weighted by molar-refractivity contribution is 6.09. The molecule has 2 unspecified atom stereocenters. The molecule has 0 amide bonds. The van der Waals surface area contributed by atoms with Crippen molar-refractivity contribution < 1.29 is 4.42 Å². The Kier molecular flexibility index (Phi) is 7.56. The number of benzene rings is 7. The molecule has 0 radical (unpaired) electrons. The van der Waals surface area contributed by atoms with Crippen LogP contribution in [0.5, 0.6) is 0 Å². The Labute approximate surface area is 324 Å². The quantitative estimate of drug-likeness (QED) is 0.171. The van der Waals surface area contributed by atoms with Crippen molar-refractivity contribution in [2.75, 3.05) is 4.90 Å². The van der Waals surface area contributed by atoms with E-state index in [9.17, 15) is 0 Å². The smallest absolute Gasteiger partial charge is 0.164 e. The van der Waals surface area contributed by atoms with Crippen LogP contribution in [0.1, 0.15) is 17.0 Å². The number of fused-ring (bicyclic) bond motifs is 6. The summed E-state index contributed by atoms with van der Waals surface area (Å²) in [7, 11) is 0. The van der Waals surface area contributed by atoms with E-state index in [0.29, 0.717) is 17.5 Å². The molecular formula is C51H34N4O. The van der Waals surface area contributed by atoms with Crippen molar-refractivity contribution in [1.82, 2.24) is 15.0 Å². The van der Waals surface area contributed by atoms with Crippen molar-refractivity contribution in [2.24, 2.45) is 0 Å². The van der Waals surface area contributed by atoms with Crippen molar-refractivity contribution in [2.45, 2.75) is 12.0 Å². The summed E-state index contributed by atoms with van der Waals surface area (Å²) in [4.78, 5) is 17.7. The van der Waals surface area contributed by atoms with Crippen LogP contribution in [-0.2, 0) is 0 Å². The van der Waals surface area contributed by atoms with Gasteiger partial charge in [0.05, 0.1) is 6.04 Å². The Morgan fingerprint density at radius 3 is 1.91 bits per heavy atom. The summed E-state index contributed by atoms with van der Waals surface area (Å²) in [5, 5.41) is 2.28. The number of aromatic nitrogens is 3. The summed E-state index contributed by atoms with van der Waals surface area (Å²) < 4.78 is 6.46. The molecule has 264 valence electrons. The molecule has 1 aliphatic heterocycles. The number of allylic oxidation sites excluding steroid dienone is 2. The predicted molar refractivity (Wildman–Crippen MR) is 228 cm³/mol. The number of nitrogens with zero attached hydrogens (tertiary/aromatic N) is 4. The highest BCUT2D eigenvalue weighted by Crippen LogP contribution is 2.50. The van der Waals surface area contributed by atoms with Crippen LogP contribution >= 0.6 is 0 Å². The van der Waals surface area contributed by atoms with Gasteiger partial charge in [0.25, 0.3) is 0 Å². The fraction of sp³-hybridized carbons (Fsp3) is 0.0392. The largest absolute Gasteiger partial charge is 0.455 e. The van der Waals surface area contributed by atoms with E-state index in [1.54, 1.807) is 0 Å². The van der Waals surface area contributed by atoms with E-state index >= 15 is 0 Å². The van der Waals surface area contributed by atoms with Crippen LogP contribution < -0.4 is 4.90 Å². The van der Waals surface area contributed by atoms with Gasteiger partial charge in [-0.05, 0) is 52.6 Å². The predicted octanol–water partition coefficient (Wildman–Crippen LogP) is 12.7. The van der Waals surface area contributed by atoms with Crippen LogP contribution in [0.3, 0.4) is 0 Å². The zero-order chi connectivity index (χ0) is 37.0. The lowest BCUT2D eigenvalue weighted by atomic mass is 9.86. The van der Waals surface area contributed by atoms with E-state index < -0.39 is 0 Å². The minimum atomic E-state index is 0.0933. The van der Waals surface area contributed by atoms with Gasteiger partial charge >= 0.3 is 0 Å². The van der Waals surface area contributed by atoms with Crippen LogP contribution in [0.4, 0.5) is 11.4 Å².